The number of benzene rings is 2. The van der Waals surface area contributed by atoms with E-state index in [1.807, 2.05) is 30.3 Å². The molecule has 18 heavy (non-hydrogen) atoms. The fraction of sp³-hybridized carbons (Fsp3) is 0.133. The highest BCUT2D eigenvalue weighted by atomic mass is 16.5. The molecule has 0 saturated carbocycles. The third kappa shape index (κ3) is 2.57. The number of Topliss-reactive ketones (excluding diaryl/α,β-unsaturated/α-hetero) is 1. The third-order valence-electron chi connectivity index (χ3n) is 2.82. The van der Waals surface area contributed by atoms with Crippen LogP contribution in [-0.2, 0) is 0 Å². The number of carbonyl (C=O) groups excluding carboxylic acids is 1. The minimum Gasteiger partial charge on any atom is -0.497 e. The lowest BCUT2D eigenvalue weighted by molar-refractivity contribution is 0.0961. The zero-order chi connectivity index (χ0) is 13.0. The van der Waals surface area contributed by atoms with Crippen molar-refractivity contribution in [3.05, 3.63) is 65.7 Å². The molecule has 0 aromatic heterocycles. The van der Waals surface area contributed by atoms with Crippen LogP contribution in [0.5, 0.6) is 5.75 Å². The fourth-order valence-corrected chi connectivity index (χ4v) is 1.75. The van der Waals surface area contributed by atoms with Gasteiger partial charge in [0.2, 0.25) is 0 Å². The summed E-state index contributed by atoms with van der Waals surface area (Å²) in [5.74, 6) is 0.628. The van der Waals surface area contributed by atoms with E-state index >= 15 is 0 Å². The summed E-state index contributed by atoms with van der Waals surface area (Å²) in [6.45, 7) is 0. The smallest absolute Gasteiger partial charge is 0.184 e. The van der Waals surface area contributed by atoms with Gasteiger partial charge in [0.15, 0.2) is 5.78 Å². The van der Waals surface area contributed by atoms with E-state index < -0.39 is 6.04 Å². The number of nitrogens with two attached hydrogens (primary N) is 1. The molecular formula is C15H15NO2. The van der Waals surface area contributed by atoms with Crippen LogP contribution >= 0.6 is 0 Å². The van der Waals surface area contributed by atoms with Gasteiger partial charge in [0.25, 0.3) is 0 Å². The molecule has 0 radical (unpaired) electrons. The first-order chi connectivity index (χ1) is 8.72. The summed E-state index contributed by atoms with van der Waals surface area (Å²) in [6.07, 6.45) is 0. The summed E-state index contributed by atoms with van der Waals surface area (Å²) >= 11 is 0. The molecule has 0 fully saturated rings. The maximum absolute atomic E-state index is 12.2. The Bertz CT molecular complexity index is 520. The maximum atomic E-state index is 12.2. The highest BCUT2D eigenvalue weighted by Crippen LogP contribution is 2.18. The second-order valence-corrected chi connectivity index (χ2v) is 3.98. The topological polar surface area (TPSA) is 52.3 Å². The second kappa shape index (κ2) is 5.47. The molecule has 92 valence electrons. The van der Waals surface area contributed by atoms with Gasteiger partial charge >= 0.3 is 0 Å². The number of ketones is 1. The van der Waals surface area contributed by atoms with Gasteiger partial charge in [-0.3, -0.25) is 4.79 Å². The molecule has 1 atom stereocenters. The first-order valence-corrected chi connectivity index (χ1v) is 5.71. The summed E-state index contributed by atoms with van der Waals surface area (Å²) < 4.78 is 5.05. The van der Waals surface area contributed by atoms with Crippen LogP contribution in [0.4, 0.5) is 0 Å². The van der Waals surface area contributed by atoms with Crippen LogP contribution in [0.2, 0.25) is 0 Å². The van der Waals surface area contributed by atoms with E-state index in [1.54, 1.807) is 31.4 Å². The van der Waals surface area contributed by atoms with Crippen molar-refractivity contribution in [1.29, 1.82) is 0 Å². The average Bonchev–Trinajstić information content (AvgIpc) is 2.47. The Labute approximate surface area is 106 Å². The zero-order valence-corrected chi connectivity index (χ0v) is 10.2. The highest BCUT2D eigenvalue weighted by Gasteiger charge is 2.17. The van der Waals surface area contributed by atoms with E-state index in [0.717, 1.165) is 11.3 Å². The minimum absolute atomic E-state index is 0.0937. The Balaban J connectivity index is 2.20. The van der Waals surface area contributed by atoms with Gasteiger partial charge in [0.1, 0.15) is 5.75 Å². The number of methoxy groups -OCH3 is 1. The monoisotopic (exact) mass is 241 g/mol. The van der Waals surface area contributed by atoms with Crippen LogP contribution in [0.25, 0.3) is 0 Å². The van der Waals surface area contributed by atoms with Crippen molar-refractivity contribution in [3.8, 4) is 5.75 Å². The number of ether oxygens (including phenoxy) is 1. The Morgan fingerprint density at radius 3 is 2.22 bits per heavy atom. The Hall–Kier alpha value is -2.13. The van der Waals surface area contributed by atoms with Gasteiger partial charge in [0, 0.05) is 5.56 Å². The lowest BCUT2D eigenvalue weighted by atomic mass is 9.98. The molecule has 0 aliphatic carbocycles. The van der Waals surface area contributed by atoms with E-state index in [2.05, 4.69) is 0 Å². The van der Waals surface area contributed by atoms with Crippen molar-refractivity contribution in [2.24, 2.45) is 5.73 Å². The van der Waals surface area contributed by atoms with E-state index in [9.17, 15) is 4.79 Å². The van der Waals surface area contributed by atoms with Gasteiger partial charge in [-0.1, -0.05) is 30.3 Å². The zero-order valence-electron chi connectivity index (χ0n) is 10.2. The number of hydrogen-bond acceptors (Lipinski definition) is 3. The van der Waals surface area contributed by atoms with Gasteiger partial charge in [-0.25, -0.2) is 0 Å². The molecule has 2 aromatic carbocycles. The Morgan fingerprint density at radius 1 is 1.06 bits per heavy atom. The SMILES string of the molecule is COc1ccc(C(=O)[C@H](N)c2ccccc2)cc1. The number of hydrogen-bond donors (Lipinski definition) is 1. The molecule has 3 nitrogen and oxygen atoms in total. The fourth-order valence-electron chi connectivity index (χ4n) is 1.75. The first kappa shape index (κ1) is 12.3. The first-order valence-electron chi connectivity index (χ1n) is 5.71. The summed E-state index contributed by atoms with van der Waals surface area (Å²) in [5, 5.41) is 0. The van der Waals surface area contributed by atoms with Gasteiger partial charge in [-0.15, -0.1) is 0 Å². The van der Waals surface area contributed by atoms with Gasteiger partial charge in [-0.05, 0) is 29.8 Å². The molecule has 0 spiro atoms. The lowest BCUT2D eigenvalue weighted by Crippen LogP contribution is -2.21. The molecule has 2 N–H and O–H groups in total. The average molecular weight is 241 g/mol. The highest BCUT2D eigenvalue weighted by molar-refractivity contribution is 6.00. The molecule has 0 amide bonds. The predicted molar refractivity (Wildman–Crippen MR) is 70.7 cm³/mol. The van der Waals surface area contributed by atoms with Crippen molar-refractivity contribution in [3.63, 3.8) is 0 Å². The van der Waals surface area contributed by atoms with Crippen molar-refractivity contribution in [2.45, 2.75) is 6.04 Å². The molecule has 0 bridgehead atoms. The van der Waals surface area contributed by atoms with Crippen molar-refractivity contribution < 1.29 is 9.53 Å². The Kier molecular flexibility index (Phi) is 3.75. The van der Waals surface area contributed by atoms with Crippen LogP contribution < -0.4 is 10.5 Å². The van der Waals surface area contributed by atoms with Crippen LogP contribution in [0.15, 0.2) is 54.6 Å². The molecule has 0 aliphatic rings. The summed E-state index contributed by atoms with van der Waals surface area (Å²) in [5.41, 5.74) is 7.37. The third-order valence-corrected chi connectivity index (χ3v) is 2.82. The molecule has 0 heterocycles. The quantitative estimate of drug-likeness (QED) is 0.837. The van der Waals surface area contributed by atoms with E-state index in [1.165, 1.54) is 0 Å². The van der Waals surface area contributed by atoms with E-state index in [4.69, 9.17) is 10.5 Å². The molecule has 0 unspecified atom stereocenters. The summed E-state index contributed by atoms with van der Waals surface area (Å²) in [4.78, 5) is 12.2. The van der Waals surface area contributed by atoms with E-state index in [0.29, 0.717) is 5.56 Å². The van der Waals surface area contributed by atoms with Crippen molar-refractivity contribution in [2.75, 3.05) is 7.11 Å². The minimum atomic E-state index is -0.625. The van der Waals surface area contributed by atoms with Crippen LogP contribution in [0.1, 0.15) is 22.0 Å². The predicted octanol–water partition coefficient (Wildman–Crippen LogP) is 2.58. The van der Waals surface area contributed by atoms with Crippen LogP contribution in [0.3, 0.4) is 0 Å². The largest absolute Gasteiger partial charge is 0.497 e. The van der Waals surface area contributed by atoms with Gasteiger partial charge in [0.05, 0.1) is 13.2 Å². The van der Waals surface area contributed by atoms with Crippen molar-refractivity contribution >= 4 is 5.78 Å². The summed E-state index contributed by atoms with van der Waals surface area (Å²) in [6, 6.07) is 15.7. The number of rotatable bonds is 4. The molecule has 0 saturated heterocycles. The molecular weight excluding hydrogens is 226 g/mol. The molecule has 0 aliphatic heterocycles. The van der Waals surface area contributed by atoms with Crippen LogP contribution in [0, 0.1) is 0 Å². The molecule has 2 rings (SSSR count). The normalized spacial score (nSPS) is 11.9. The van der Waals surface area contributed by atoms with Gasteiger partial charge < -0.3 is 10.5 Å². The van der Waals surface area contributed by atoms with Gasteiger partial charge in [-0.2, -0.15) is 0 Å². The second-order valence-electron chi connectivity index (χ2n) is 3.98. The standard InChI is InChI=1S/C15H15NO2/c1-18-13-9-7-12(8-10-13)15(17)14(16)11-5-3-2-4-6-11/h2-10,14H,16H2,1H3/t14-/m1/s1. The summed E-state index contributed by atoms with van der Waals surface area (Å²) in [7, 11) is 1.59. The lowest BCUT2D eigenvalue weighted by Gasteiger charge is -2.11. The number of carbonyl (C=O) groups is 1. The van der Waals surface area contributed by atoms with E-state index in [-0.39, 0.29) is 5.78 Å². The molecule has 2 aromatic rings. The van der Waals surface area contributed by atoms with Crippen LogP contribution in [-0.4, -0.2) is 12.9 Å². The molecule has 3 heteroatoms. The maximum Gasteiger partial charge on any atom is 0.184 e. The Morgan fingerprint density at radius 2 is 1.67 bits per heavy atom. The van der Waals surface area contributed by atoms with Crippen molar-refractivity contribution in [1.82, 2.24) is 0 Å².